The maximum atomic E-state index is 13.5. The van der Waals surface area contributed by atoms with Crippen LogP contribution in [0.5, 0.6) is 5.75 Å². The molecule has 4 rings (SSSR count). The number of rotatable bonds is 5. The van der Waals surface area contributed by atoms with Gasteiger partial charge in [-0.3, -0.25) is 4.79 Å². The first kappa shape index (κ1) is 22.6. The van der Waals surface area contributed by atoms with E-state index in [-0.39, 0.29) is 23.3 Å². The summed E-state index contributed by atoms with van der Waals surface area (Å²) in [7, 11) is 0. The maximum absolute atomic E-state index is 13.5. The quantitative estimate of drug-likeness (QED) is 0.650. The van der Waals surface area contributed by atoms with E-state index in [2.05, 4.69) is 10.6 Å². The Kier molecular flexibility index (Phi) is 6.20. The van der Waals surface area contributed by atoms with Crippen molar-refractivity contribution in [2.24, 2.45) is 0 Å². The number of amides is 2. The fourth-order valence-corrected chi connectivity index (χ4v) is 4.33. The second-order valence-corrected chi connectivity index (χ2v) is 9.60. The summed E-state index contributed by atoms with van der Waals surface area (Å²) in [6.45, 7) is 5.07. The summed E-state index contributed by atoms with van der Waals surface area (Å²) < 4.78 is 24.2. The molecule has 0 unspecified atom stereocenters. The lowest BCUT2D eigenvalue weighted by Crippen LogP contribution is -2.70. The largest absolute Gasteiger partial charge is 0.484 e. The summed E-state index contributed by atoms with van der Waals surface area (Å²) in [4.78, 5) is 24.6. The topological polar surface area (TPSA) is 96.9 Å². The highest BCUT2D eigenvalue weighted by atomic mass is 35.5. The molecule has 0 radical (unpaired) electrons. The molecule has 3 saturated carbocycles. The van der Waals surface area contributed by atoms with Crippen molar-refractivity contribution in [2.45, 2.75) is 75.7 Å². The smallest absolute Gasteiger partial charge is 0.408 e. The molecule has 3 aliphatic rings. The molecule has 0 aromatic heterocycles. The van der Waals surface area contributed by atoms with Crippen LogP contribution in [-0.2, 0) is 9.53 Å². The molecule has 1 aromatic carbocycles. The molecular weight excluding hydrogens is 415 g/mol. The molecule has 2 bridgehead atoms. The first-order chi connectivity index (χ1) is 13.9. The van der Waals surface area contributed by atoms with Crippen LogP contribution in [0, 0.1) is 5.82 Å². The van der Waals surface area contributed by atoms with Gasteiger partial charge in [-0.15, -0.1) is 0 Å². The molecule has 30 heavy (non-hydrogen) atoms. The minimum absolute atomic E-state index is 0.0208. The normalized spacial score (nSPS) is 28.0. The minimum atomic E-state index is -0.806. The molecule has 0 saturated heterocycles. The van der Waals surface area contributed by atoms with Crippen molar-refractivity contribution in [1.29, 1.82) is 0 Å². The summed E-state index contributed by atoms with van der Waals surface area (Å²) in [6, 6.07) is 3.97. The van der Waals surface area contributed by atoms with Gasteiger partial charge in [0, 0.05) is 11.6 Å². The third-order valence-corrected chi connectivity index (χ3v) is 6.04. The molecule has 1 aromatic rings. The van der Waals surface area contributed by atoms with E-state index >= 15 is 0 Å². The molecule has 0 aliphatic heterocycles. The standard InChI is InChI=1S/C21H28ClFN2O5/c1-19(2,3)30-18(28)25-21-8-6-20(7-9-21,11-16(21)26)24-17(27)12-29-13-4-5-14(22)15(23)10-13/h4-5,10,16,26H,6-9,11-12H2,1-3H3,(H,24,27)(H,25,28)/t16-,20?,21?/m1/s1. The first-order valence-corrected chi connectivity index (χ1v) is 10.4. The van der Waals surface area contributed by atoms with Gasteiger partial charge in [-0.25, -0.2) is 9.18 Å². The van der Waals surface area contributed by atoms with Crippen LogP contribution in [0.1, 0.15) is 52.9 Å². The number of fused-ring (bicyclic) bond motifs is 3. The van der Waals surface area contributed by atoms with E-state index in [0.717, 1.165) is 6.07 Å². The fraction of sp³-hybridized carbons (Fsp3) is 0.619. The van der Waals surface area contributed by atoms with E-state index in [1.165, 1.54) is 12.1 Å². The molecule has 3 fully saturated rings. The Labute approximate surface area is 180 Å². The van der Waals surface area contributed by atoms with Crippen molar-refractivity contribution in [3.63, 3.8) is 0 Å². The van der Waals surface area contributed by atoms with Gasteiger partial charge in [-0.05, 0) is 65.0 Å². The van der Waals surface area contributed by atoms with Crippen LogP contribution >= 0.6 is 11.6 Å². The predicted molar refractivity (Wildman–Crippen MR) is 109 cm³/mol. The number of hydrogen-bond donors (Lipinski definition) is 3. The van der Waals surface area contributed by atoms with Crippen molar-refractivity contribution in [2.75, 3.05) is 6.61 Å². The molecular formula is C21H28ClFN2O5. The van der Waals surface area contributed by atoms with E-state index in [4.69, 9.17) is 21.1 Å². The Hall–Kier alpha value is -2.06. The molecule has 3 aliphatic carbocycles. The zero-order valence-electron chi connectivity index (χ0n) is 17.4. The first-order valence-electron chi connectivity index (χ1n) is 10.0. The second kappa shape index (κ2) is 8.23. The number of carbonyl (C=O) groups excluding carboxylic acids is 2. The highest BCUT2D eigenvalue weighted by molar-refractivity contribution is 6.30. The zero-order chi connectivity index (χ0) is 22.2. The van der Waals surface area contributed by atoms with Gasteiger partial charge in [0.1, 0.15) is 17.2 Å². The molecule has 0 heterocycles. The van der Waals surface area contributed by atoms with Gasteiger partial charge in [-0.1, -0.05) is 11.6 Å². The van der Waals surface area contributed by atoms with Crippen molar-refractivity contribution in [3.05, 3.63) is 29.0 Å². The Morgan fingerprint density at radius 1 is 1.23 bits per heavy atom. The third-order valence-electron chi connectivity index (χ3n) is 5.74. The third kappa shape index (κ3) is 5.16. The number of nitrogens with one attached hydrogen (secondary N) is 2. The minimum Gasteiger partial charge on any atom is -0.484 e. The van der Waals surface area contributed by atoms with Gasteiger partial charge in [0.05, 0.1) is 16.7 Å². The number of hydrogen-bond acceptors (Lipinski definition) is 5. The Balaban J connectivity index is 1.55. The Morgan fingerprint density at radius 3 is 2.47 bits per heavy atom. The lowest BCUT2D eigenvalue weighted by atomic mass is 9.60. The number of ether oxygens (including phenoxy) is 2. The summed E-state index contributed by atoms with van der Waals surface area (Å²) in [5, 5.41) is 16.5. The molecule has 0 spiro atoms. The summed E-state index contributed by atoms with van der Waals surface area (Å²) in [5.74, 6) is -0.769. The summed E-state index contributed by atoms with van der Waals surface area (Å²) in [6.07, 6.45) is 1.24. The van der Waals surface area contributed by atoms with E-state index in [0.29, 0.717) is 32.1 Å². The van der Waals surface area contributed by atoms with Crippen LogP contribution in [-0.4, -0.2) is 46.5 Å². The zero-order valence-corrected chi connectivity index (χ0v) is 18.1. The highest BCUT2D eigenvalue weighted by Gasteiger charge is 2.55. The van der Waals surface area contributed by atoms with Gasteiger partial charge in [0.15, 0.2) is 6.61 Å². The van der Waals surface area contributed by atoms with Crippen LogP contribution in [0.4, 0.5) is 9.18 Å². The lowest BCUT2D eigenvalue weighted by molar-refractivity contribution is -0.129. The van der Waals surface area contributed by atoms with Crippen LogP contribution < -0.4 is 15.4 Å². The fourth-order valence-electron chi connectivity index (χ4n) is 4.22. The molecule has 7 nitrogen and oxygen atoms in total. The van der Waals surface area contributed by atoms with Crippen LogP contribution in [0.3, 0.4) is 0 Å². The number of aliphatic hydroxyl groups is 1. The number of halogens is 2. The van der Waals surface area contributed by atoms with Crippen molar-refractivity contribution >= 4 is 23.6 Å². The molecule has 1 atom stereocenters. The highest BCUT2D eigenvalue weighted by Crippen LogP contribution is 2.47. The van der Waals surface area contributed by atoms with E-state index in [1.54, 1.807) is 20.8 Å². The molecule has 166 valence electrons. The lowest BCUT2D eigenvalue weighted by Gasteiger charge is -2.56. The second-order valence-electron chi connectivity index (χ2n) is 9.20. The monoisotopic (exact) mass is 442 g/mol. The van der Waals surface area contributed by atoms with Gasteiger partial charge in [0.2, 0.25) is 0 Å². The molecule has 2 amide bonds. The summed E-state index contributed by atoms with van der Waals surface area (Å²) >= 11 is 5.63. The van der Waals surface area contributed by atoms with Gasteiger partial charge < -0.3 is 25.2 Å². The Bertz CT molecular complexity index is 818. The van der Waals surface area contributed by atoms with E-state index in [9.17, 15) is 19.1 Å². The van der Waals surface area contributed by atoms with E-state index < -0.39 is 34.7 Å². The predicted octanol–water partition coefficient (Wildman–Crippen LogP) is 3.32. The average molecular weight is 443 g/mol. The van der Waals surface area contributed by atoms with Crippen molar-refractivity contribution < 1.29 is 28.6 Å². The molecule has 9 heteroatoms. The van der Waals surface area contributed by atoms with Gasteiger partial charge in [-0.2, -0.15) is 0 Å². The van der Waals surface area contributed by atoms with Gasteiger partial charge >= 0.3 is 6.09 Å². The number of aliphatic hydroxyl groups excluding tert-OH is 1. The Morgan fingerprint density at radius 2 is 1.90 bits per heavy atom. The van der Waals surface area contributed by atoms with Crippen molar-refractivity contribution in [1.82, 2.24) is 10.6 Å². The summed E-state index contributed by atoms with van der Waals surface area (Å²) in [5.41, 5.74) is -1.92. The van der Waals surface area contributed by atoms with Crippen LogP contribution in [0.15, 0.2) is 18.2 Å². The molecule has 3 N–H and O–H groups in total. The van der Waals surface area contributed by atoms with Gasteiger partial charge in [0.25, 0.3) is 5.91 Å². The van der Waals surface area contributed by atoms with Crippen LogP contribution in [0.2, 0.25) is 5.02 Å². The van der Waals surface area contributed by atoms with Crippen LogP contribution in [0.25, 0.3) is 0 Å². The number of carbonyl (C=O) groups is 2. The van der Waals surface area contributed by atoms with E-state index in [1.807, 2.05) is 0 Å². The maximum Gasteiger partial charge on any atom is 0.408 e. The average Bonchev–Trinajstić information content (AvgIpc) is 2.62. The number of benzene rings is 1. The SMILES string of the molecule is CC(C)(C)OC(=O)NC12CCC(NC(=O)COc3ccc(Cl)c(F)c3)(CC1)C[C@H]2O. The van der Waals surface area contributed by atoms with Crippen molar-refractivity contribution in [3.8, 4) is 5.75 Å². The number of alkyl carbamates (subject to hydrolysis) is 1.